The summed E-state index contributed by atoms with van der Waals surface area (Å²) in [6.45, 7) is 9.91. The maximum absolute atomic E-state index is 5.43. The summed E-state index contributed by atoms with van der Waals surface area (Å²) in [5, 5.41) is 6.84. The molecule has 0 bridgehead atoms. The Balaban J connectivity index is 0.00000324. The summed E-state index contributed by atoms with van der Waals surface area (Å²) in [5.41, 5.74) is 4.90. The summed E-state index contributed by atoms with van der Waals surface area (Å²) >= 11 is 0. The van der Waals surface area contributed by atoms with Crippen molar-refractivity contribution in [3.05, 3.63) is 78.4 Å². The number of ether oxygens (including phenoxy) is 1. The van der Waals surface area contributed by atoms with Gasteiger partial charge in [0, 0.05) is 51.7 Å². The standard InChI is InChI=1S/C26H34N6O.HI/c1-2-28-26(29-12-14-31-15-17-33-18-16-31)30-19-24-5-3-4-6-25(24)23-9-7-22(8-10-23)20-32-13-11-27-21-32;/h3-11,13,21H,2,12,14-20H2,1H3,(H2,28,29,30);1H. The second-order valence-electron chi connectivity index (χ2n) is 8.17. The number of guanidine groups is 1. The molecule has 0 aliphatic carbocycles. The molecular weight excluding hydrogens is 539 g/mol. The summed E-state index contributed by atoms with van der Waals surface area (Å²) in [6, 6.07) is 17.3. The van der Waals surface area contributed by atoms with Crippen LogP contribution in [0.1, 0.15) is 18.1 Å². The van der Waals surface area contributed by atoms with Gasteiger partial charge in [-0.1, -0.05) is 48.5 Å². The van der Waals surface area contributed by atoms with Crippen molar-refractivity contribution in [2.45, 2.75) is 20.0 Å². The van der Waals surface area contributed by atoms with Crippen LogP contribution in [0.3, 0.4) is 0 Å². The molecule has 4 rings (SSSR count). The third-order valence-electron chi connectivity index (χ3n) is 5.78. The highest BCUT2D eigenvalue weighted by molar-refractivity contribution is 14.0. The maximum Gasteiger partial charge on any atom is 0.191 e. The fourth-order valence-corrected chi connectivity index (χ4v) is 3.98. The lowest BCUT2D eigenvalue weighted by molar-refractivity contribution is 0.0389. The number of nitrogens with one attached hydrogen (secondary N) is 2. The van der Waals surface area contributed by atoms with Crippen LogP contribution in [0.5, 0.6) is 0 Å². The largest absolute Gasteiger partial charge is 0.379 e. The fraction of sp³-hybridized carbons (Fsp3) is 0.385. The van der Waals surface area contributed by atoms with Crippen LogP contribution in [0.25, 0.3) is 11.1 Å². The van der Waals surface area contributed by atoms with Gasteiger partial charge in [0.15, 0.2) is 5.96 Å². The Morgan fingerprint density at radius 3 is 2.59 bits per heavy atom. The molecule has 0 saturated carbocycles. The van der Waals surface area contributed by atoms with Crippen LogP contribution in [-0.4, -0.2) is 66.3 Å². The van der Waals surface area contributed by atoms with Gasteiger partial charge in [0.05, 0.1) is 26.1 Å². The van der Waals surface area contributed by atoms with Crippen molar-refractivity contribution in [3.63, 3.8) is 0 Å². The van der Waals surface area contributed by atoms with E-state index < -0.39 is 0 Å². The number of halogens is 1. The zero-order chi connectivity index (χ0) is 22.7. The summed E-state index contributed by atoms with van der Waals surface area (Å²) in [5.74, 6) is 0.858. The van der Waals surface area contributed by atoms with Gasteiger partial charge in [0.1, 0.15) is 0 Å². The second-order valence-corrected chi connectivity index (χ2v) is 8.17. The molecule has 7 nitrogen and oxygen atoms in total. The van der Waals surface area contributed by atoms with Crippen molar-refractivity contribution in [2.75, 3.05) is 45.9 Å². The van der Waals surface area contributed by atoms with Crippen molar-refractivity contribution in [2.24, 2.45) is 4.99 Å². The van der Waals surface area contributed by atoms with Gasteiger partial charge in [0.25, 0.3) is 0 Å². The molecule has 1 aliphatic rings. The molecule has 8 heteroatoms. The average molecular weight is 575 g/mol. The molecule has 1 aliphatic heterocycles. The van der Waals surface area contributed by atoms with Gasteiger partial charge in [-0.05, 0) is 29.2 Å². The van der Waals surface area contributed by atoms with Crippen LogP contribution >= 0.6 is 24.0 Å². The molecule has 0 amide bonds. The fourth-order valence-electron chi connectivity index (χ4n) is 3.98. The number of hydrogen-bond acceptors (Lipinski definition) is 4. The number of aliphatic imine (C=N–C) groups is 1. The number of hydrogen-bond donors (Lipinski definition) is 2. The normalized spacial score (nSPS) is 14.4. The number of aromatic nitrogens is 2. The van der Waals surface area contributed by atoms with Crippen LogP contribution in [-0.2, 0) is 17.8 Å². The Hall–Kier alpha value is -2.43. The van der Waals surface area contributed by atoms with E-state index in [1.54, 1.807) is 0 Å². The van der Waals surface area contributed by atoms with Crippen LogP contribution in [0.15, 0.2) is 72.2 Å². The van der Waals surface area contributed by atoms with Crippen LogP contribution < -0.4 is 10.6 Å². The molecule has 34 heavy (non-hydrogen) atoms. The number of rotatable bonds is 9. The maximum atomic E-state index is 5.43. The predicted molar refractivity (Wildman–Crippen MR) is 149 cm³/mol. The van der Waals surface area contributed by atoms with E-state index in [0.29, 0.717) is 6.54 Å². The molecule has 182 valence electrons. The van der Waals surface area contributed by atoms with E-state index in [1.807, 2.05) is 18.7 Å². The number of nitrogens with zero attached hydrogens (tertiary/aromatic N) is 4. The van der Waals surface area contributed by atoms with E-state index in [2.05, 4.69) is 80.5 Å². The minimum atomic E-state index is 0. The van der Waals surface area contributed by atoms with Crippen LogP contribution in [0, 0.1) is 0 Å². The number of benzene rings is 2. The SMILES string of the molecule is CCNC(=NCc1ccccc1-c1ccc(Cn2ccnc2)cc1)NCCN1CCOCC1.I. The molecular formula is C26H35IN6O. The van der Waals surface area contributed by atoms with Crippen molar-refractivity contribution >= 4 is 29.9 Å². The summed E-state index contributed by atoms with van der Waals surface area (Å²) in [6.07, 6.45) is 5.64. The Bertz CT molecular complexity index is 1000. The molecule has 3 aromatic rings. The minimum Gasteiger partial charge on any atom is -0.379 e. The Kier molecular flexibility index (Phi) is 10.8. The molecule has 1 saturated heterocycles. The lowest BCUT2D eigenvalue weighted by atomic mass is 9.98. The topological polar surface area (TPSA) is 66.7 Å². The van der Waals surface area contributed by atoms with E-state index >= 15 is 0 Å². The molecule has 0 radical (unpaired) electrons. The predicted octanol–water partition coefficient (Wildman–Crippen LogP) is 3.60. The summed E-state index contributed by atoms with van der Waals surface area (Å²) in [4.78, 5) is 11.4. The number of morpholine rings is 1. The highest BCUT2D eigenvalue weighted by Gasteiger charge is 2.10. The van der Waals surface area contributed by atoms with Gasteiger partial charge < -0.3 is 19.9 Å². The van der Waals surface area contributed by atoms with E-state index in [9.17, 15) is 0 Å². The molecule has 2 N–H and O–H groups in total. The highest BCUT2D eigenvalue weighted by Crippen LogP contribution is 2.25. The molecule has 2 aromatic carbocycles. The quantitative estimate of drug-likeness (QED) is 0.232. The third-order valence-corrected chi connectivity index (χ3v) is 5.78. The first-order valence-electron chi connectivity index (χ1n) is 11.8. The van der Waals surface area contributed by atoms with E-state index in [-0.39, 0.29) is 24.0 Å². The van der Waals surface area contributed by atoms with Gasteiger partial charge >= 0.3 is 0 Å². The van der Waals surface area contributed by atoms with Gasteiger partial charge in [0.2, 0.25) is 0 Å². The Morgan fingerprint density at radius 1 is 1.06 bits per heavy atom. The van der Waals surface area contributed by atoms with E-state index in [1.165, 1.54) is 22.3 Å². The van der Waals surface area contributed by atoms with E-state index in [4.69, 9.17) is 9.73 Å². The monoisotopic (exact) mass is 574 g/mol. The molecule has 0 atom stereocenters. The minimum absolute atomic E-state index is 0. The first-order valence-corrected chi connectivity index (χ1v) is 11.8. The third kappa shape index (κ3) is 7.82. The van der Waals surface area contributed by atoms with Gasteiger partial charge in [-0.25, -0.2) is 9.98 Å². The zero-order valence-electron chi connectivity index (χ0n) is 19.8. The lowest BCUT2D eigenvalue weighted by Gasteiger charge is -2.26. The van der Waals surface area contributed by atoms with Crippen molar-refractivity contribution in [1.29, 1.82) is 0 Å². The second kappa shape index (κ2) is 14.1. The smallest absolute Gasteiger partial charge is 0.191 e. The first-order chi connectivity index (χ1) is 16.3. The van der Waals surface area contributed by atoms with Gasteiger partial charge in [-0.2, -0.15) is 0 Å². The summed E-state index contributed by atoms with van der Waals surface area (Å²) < 4.78 is 7.50. The summed E-state index contributed by atoms with van der Waals surface area (Å²) in [7, 11) is 0. The molecule has 0 unspecified atom stereocenters. The average Bonchev–Trinajstić information content (AvgIpc) is 3.37. The number of imidazole rings is 1. The van der Waals surface area contributed by atoms with Crippen molar-refractivity contribution < 1.29 is 4.74 Å². The van der Waals surface area contributed by atoms with Crippen molar-refractivity contribution in [1.82, 2.24) is 25.1 Å². The van der Waals surface area contributed by atoms with Gasteiger partial charge in [-0.3, -0.25) is 4.90 Å². The molecule has 0 spiro atoms. The Morgan fingerprint density at radius 2 is 1.85 bits per heavy atom. The molecule has 1 aromatic heterocycles. The van der Waals surface area contributed by atoms with Gasteiger partial charge in [-0.15, -0.1) is 24.0 Å². The Labute approximate surface area is 219 Å². The zero-order valence-corrected chi connectivity index (χ0v) is 22.2. The first kappa shape index (κ1) is 26.2. The molecule has 1 fully saturated rings. The highest BCUT2D eigenvalue weighted by atomic mass is 127. The van der Waals surface area contributed by atoms with Crippen LogP contribution in [0.2, 0.25) is 0 Å². The molecule has 2 heterocycles. The van der Waals surface area contributed by atoms with Crippen molar-refractivity contribution in [3.8, 4) is 11.1 Å². The van der Waals surface area contributed by atoms with Crippen LogP contribution in [0.4, 0.5) is 0 Å². The van der Waals surface area contributed by atoms with E-state index in [0.717, 1.165) is 58.4 Å². The lowest BCUT2D eigenvalue weighted by Crippen LogP contribution is -2.44.